The number of unbranched alkanes of at least 4 members (excludes halogenated alkanes) is 1. The first-order chi connectivity index (χ1) is 21.0. The van der Waals surface area contributed by atoms with Gasteiger partial charge in [0.1, 0.15) is 23.9 Å². The Hall–Kier alpha value is -4.42. The van der Waals surface area contributed by atoms with Gasteiger partial charge < -0.3 is 42.6 Å². The van der Waals surface area contributed by atoms with Gasteiger partial charge in [0.15, 0.2) is 0 Å². The van der Waals surface area contributed by atoms with Gasteiger partial charge in [-0.25, -0.2) is 4.79 Å². The predicted molar refractivity (Wildman–Crippen MR) is 168 cm³/mol. The second kappa shape index (κ2) is 16.4. The van der Waals surface area contributed by atoms with Crippen LogP contribution in [-0.4, -0.2) is 69.6 Å². The van der Waals surface area contributed by atoms with Gasteiger partial charge in [-0.1, -0.05) is 50.6 Å². The molecule has 238 valence electrons. The number of hydrogen-bond acceptors (Lipinski definition) is 7. The molecule has 3 rings (SSSR count). The molecule has 12 heteroatoms. The van der Waals surface area contributed by atoms with E-state index in [4.69, 9.17) is 11.5 Å². The third kappa shape index (κ3) is 9.55. The van der Waals surface area contributed by atoms with Crippen molar-refractivity contribution in [3.8, 4) is 5.75 Å². The summed E-state index contributed by atoms with van der Waals surface area (Å²) in [6, 6.07) is 9.61. The lowest BCUT2D eigenvalue weighted by atomic mass is 9.98. The lowest BCUT2D eigenvalue weighted by molar-refractivity contribution is -0.144. The van der Waals surface area contributed by atoms with Crippen molar-refractivity contribution in [1.29, 1.82) is 0 Å². The van der Waals surface area contributed by atoms with Crippen LogP contribution in [0.2, 0.25) is 0 Å². The smallest absolute Gasteiger partial charge is 0.326 e. The summed E-state index contributed by atoms with van der Waals surface area (Å²) in [5, 5.41) is 28.2. The fraction of sp³-hybridized carbons (Fsp3) is 0.438. The normalized spacial score (nSPS) is 14.6. The van der Waals surface area contributed by atoms with Gasteiger partial charge in [-0.3, -0.25) is 14.4 Å². The molecule has 0 spiro atoms. The monoisotopic (exact) mass is 608 g/mol. The van der Waals surface area contributed by atoms with Gasteiger partial charge >= 0.3 is 5.97 Å². The summed E-state index contributed by atoms with van der Waals surface area (Å²) >= 11 is 0. The van der Waals surface area contributed by atoms with Crippen LogP contribution in [0.1, 0.15) is 50.7 Å². The first kappa shape index (κ1) is 34.1. The molecule has 1 aromatic heterocycles. The molecule has 0 saturated carbocycles. The Morgan fingerprint density at radius 1 is 0.886 bits per heavy atom. The highest BCUT2D eigenvalue weighted by molar-refractivity contribution is 5.95. The summed E-state index contributed by atoms with van der Waals surface area (Å²) in [4.78, 5) is 55.4. The molecule has 0 saturated heterocycles. The van der Waals surface area contributed by atoms with Crippen molar-refractivity contribution in [2.24, 2.45) is 17.4 Å². The minimum absolute atomic E-state index is 0.0890. The minimum Gasteiger partial charge on any atom is -0.508 e. The molecule has 5 atom stereocenters. The highest BCUT2D eigenvalue weighted by atomic mass is 16.4. The molecular weight excluding hydrogens is 564 g/mol. The highest BCUT2D eigenvalue weighted by Crippen LogP contribution is 2.20. The average molecular weight is 609 g/mol. The fourth-order valence-electron chi connectivity index (χ4n) is 4.96. The number of amides is 3. The van der Waals surface area contributed by atoms with Crippen LogP contribution in [-0.2, 0) is 32.0 Å². The molecule has 0 aliphatic heterocycles. The van der Waals surface area contributed by atoms with Gasteiger partial charge in [-0.05, 0) is 67.5 Å². The first-order valence-electron chi connectivity index (χ1n) is 15.0. The van der Waals surface area contributed by atoms with Crippen molar-refractivity contribution in [2.45, 2.75) is 76.5 Å². The maximum atomic E-state index is 13.8. The predicted octanol–water partition coefficient (Wildman–Crippen LogP) is 1.70. The number of carboxylic acid groups (broad SMARTS) is 1. The van der Waals surface area contributed by atoms with Crippen LogP contribution in [0.15, 0.2) is 54.7 Å². The second-order valence-electron chi connectivity index (χ2n) is 11.2. The van der Waals surface area contributed by atoms with E-state index in [1.54, 1.807) is 25.3 Å². The number of aromatic amines is 1. The van der Waals surface area contributed by atoms with E-state index in [1.807, 2.05) is 31.2 Å². The van der Waals surface area contributed by atoms with Gasteiger partial charge in [-0.15, -0.1) is 0 Å². The number of phenolic OH excluding ortho intramolecular Hbond substituents is 1. The van der Waals surface area contributed by atoms with Crippen molar-refractivity contribution in [3.05, 3.63) is 65.9 Å². The van der Waals surface area contributed by atoms with Crippen molar-refractivity contribution in [3.63, 3.8) is 0 Å². The Morgan fingerprint density at radius 3 is 2.20 bits per heavy atom. The average Bonchev–Trinajstić information content (AvgIpc) is 3.42. The summed E-state index contributed by atoms with van der Waals surface area (Å²) < 4.78 is 0. The summed E-state index contributed by atoms with van der Waals surface area (Å²) in [5.74, 6) is -3.20. The number of hydrogen-bond donors (Lipinski definition) is 8. The van der Waals surface area contributed by atoms with Crippen molar-refractivity contribution in [1.82, 2.24) is 20.9 Å². The summed E-state index contributed by atoms with van der Waals surface area (Å²) in [6.45, 7) is 3.96. The first-order valence-corrected chi connectivity index (χ1v) is 15.0. The molecule has 1 heterocycles. The quantitative estimate of drug-likeness (QED) is 0.105. The van der Waals surface area contributed by atoms with Crippen LogP contribution in [0.5, 0.6) is 5.75 Å². The zero-order valence-electron chi connectivity index (χ0n) is 25.2. The standard InChI is InChI=1S/C32H44N6O6/c1-3-19(2)28(32(43)44)38-30(41)26(10-6-7-15-33)36-31(42)27(17-21-18-35-25-9-5-4-8-23(21)25)37-29(40)24(34)16-20-11-13-22(39)14-12-20/h4-5,8-9,11-14,18-19,24,26-28,35,39H,3,6-7,10,15-17,33-34H2,1-2H3,(H,36,42)(H,37,40)(H,38,41)(H,43,44). The van der Waals surface area contributed by atoms with Crippen molar-refractivity contribution < 1.29 is 29.4 Å². The maximum absolute atomic E-state index is 13.8. The number of aliphatic carboxylic acids is 1. The van der Waals surface area contributed by atoms with Crippen LogP contribution >= 0.6 is 0 Å². The topological polar surface area (TPSA) is 213 Å². The molecule has 3 amide bonds. The third-order valence-electron chi connectivity index (χ3n) is 7.82. The second-order valence-corrected chi connectivity index (χ2v) is 11.2. The SMILES string of the molecule is CCC(C)C(NC(=O)C(CCCCN)NC(=O)C(Cc1c[nH]c2ccccc12)NC(=O)C(N)Cc1ccc(O)cc1)C(=O)O. The number of carbonyl (C=O) groups is 4. The number of aromatic hydroxyl groups is 1. The summed E-state index contributed by atoms with van der Waals surface area (Å²) in [6.07, 6.45) is 3.93. The van der Waals surface area contributed by atoms with E-state index < -0.39 is 47.9 Å². The molecule has 0 aliphatic rings. The number of fused-ring (bicyclic) bond motifs is 1. The van der Waals surface area contributed by atoms with Crippen LogP contribution < -0.4 is 27.4 Å². The van der Waals surface area contributed by atoms with Gasteiger partial charge in [0.05, 0.1) is 6.04 Å². The van der Waals surface area contributed by atoms with Crippen molar-refractivity contribution >= 4 is 34.6 Å². The highest BCUT2D eigenvalue weighted by Gasteiger charge is 2.32. The molecule has 44 heavy (non-hydrogen) atoms. The van der Waals surface area contributed by atoms with E-state index in [0.29, 0.717) is 25.8 Å². The number of carboxylic acids is 1. The van der Waals surface area contributed by atoms with Gasteiger partial charge in [0, 0.05) is 23.5 Å². The molecule has 2 aromatic carbocycles. The van der Waals surface area contributed by atoms with E-state index in [2.05, 4.69) is 20.9 Å². The third-order valence-corrected chi connectivity index (χ3v) is 7.82. The van der Waals surface area contributed by atoms with E-state index in [0.717, 1.165) is 22.0 Å². The Morgan fingerprint density at radius 2 is 1.55 bits per heavy atom. The molecule has 3 aromatic rings. The number of nitrogens with two attached hydrogens (primary N) is 2. The number of carbonyl (C=O) groups excluding carboxylic acids is 3. The largest absolute Gasteiger partial charge is 0.508 e. The number of H-pyrrole nitrogens is 1. The fourth-order valence-corrected chi connectivity index (χ4v) is 4.96. The molecule has 5 unspecified atom stereocenters. The number of benzene rings is 2. The van der Waals surface area contributed by atoms with E-state index in [1.165, 1.54) is 12.1 Å². The molecule has 0 radical (unpaired) electrons. The number of aromatic nitrogens is 1. The van der Waals surface area contributed by atoms with E-state index in [9.17, 15) is 29.4 Å². The van der Waals surface area contributed by atoms with Crippen LogP contribution in [0.3, 0.4) is 0 Å². The number of phenols is 1. The molecule has 10 N–H and O–H groups in total. The van der Waals surface area contributed by atoms with E-state index >= 15 is 0 Å². The van der Waals surface area contributed by atoms with Crippen molar-refractivity contribution in [2.75, 3.05) is 6.54 Å². The molecule has 0 bridgehead atoms. The van der Waals surface area contributed by atoms with Crippen LogP contribution in [0, 0.1) is 5.92 Å². The Kier molecular flexibility index (Phi) is 12.7. The Labute approximate surface area is 257 Å². The van der Waals surface area contributed by atoms with E-state index in [-0.39, 0.29) is 30.9 Å². The van der Waals surface area contributed by atoms with Crippen LogP contribution in [0.4, 0.5) is 0 Å². The number of para-hydroxylation sites is 1. The summed E-state index contributed by atoms with van der Waals surface area (Å²) in [7, 11) is 0. The molecule has 0 fully saturated rings. The lowest BCUT2D eigenvalue weighted by Crippen LogP contribution is -2.58. The Balaban J connectivity index is 1.84. The zero-order chi connectivity index (χ0) is 32.2. The number of rotatable bonds is 17. The minimum atomic E-state index is -1.16. The van der Waals surface area contributed by atoms with Gasteiger partial charge in [-0.2, -0.15) is 0 Å². The molecule has 0 aliphatic carbocycles. The molecular formula is C32H44N6O6. The lowest BCUT2D eigenvalue weighted by Gasteiger charge is -2.26. The van der Waals surface area contributed by atoms with Crippen LogP contribution in [0.25, 0.3) is 10.9 Å². The maximum Gasteiger partial charge on any atom is 0.326 e. The zero-order valence-corrected chi connectivity index (χ0v) is 25.2. The molecule has 12 nitrogen and oxygen atoms in total. The van der Waals surface area contributed by atoms with Gasteiger partial charge in [0.2, 0.25) is 17.7 Å². The Bertz CT molecular complexity index is 1410. The van der Waals surface area contributed by atoms with Gasteiger partial charge in [0.25, 0.3) is 0 Å². The summed E-state index contributed by atoms with van der Waals surface area (Å²) in [5.41, 5.74) is 14.2. The number of nitrogens with one attached hydrogen (secondary N) is 4.